The quantitative estimate of drug-likeness (QED) is 0.187. The van der Waals surface area contributed by atoms with Crippen molar-refractivity contribution in [2.45, 2.75) is 5.41 Å². The summed E-state index contributed by atoms with van der Waals surface area (Å²) < 4.78 is 13.6. The number of benzene rings is 7. The van der Waals surface area contributed by atoms with Crippen LogP contribution in [0.5, 0.6) is 23.0 Å². The van der Waals surface area contributed by atoms with Crippen LogP contribution in [0.1, 0.15) is 27.8 Å². The summed E-state index contributed by atoms with van der Waals surface area (Å²) in [4.78, 5) is 2.23. The highest BCUT2D eigenvalue weighted by molar-refractivity contribution is 5.89. The van der Waals surface area contributed by atoms with Gasteiger partial charge in [0, 0.05) is 39.7 Å². The molecule has 1 unspecified atom stereocenters. The van der Waals surface area contributed by atoms with E-state index in [0.29, 0.717) is 0 Å². The topological polar surface area (TPSA) is 21.7 Å². The van der Waals surface area contributed by atoms with Crippen LogP contribution in [0.25, 0.3) is 27.8 Å². The van der Waals surface area contributed by atoms with Crippen molar-refractivity contribution in [3.63, 3.8) is 0 Å². The fourth-order valence-corrected chi connectivity index (χ4v) is 8.13. The molecule has 3 nitrogen and oxygen atoms in total. The predicted molar refractivity (Wildman–Crippen MR) is 212 cm³/mol. The highest BCUT2D eigenvalue weighted by atomic mass is 16.5. The summed E-state index contributed by atoms with van der Waals surface area (Å²) in [5.41, 5.74) is 12.3. The number of ether oxygens (including phenoxy) is 2. The van der Waals surface area contributed by atoms with E-state index in [-0.39, 0.29) is 0 Å². The van der Waals surface area contributed by atoms with Gasteiger partial charge < -0.3 is 14.4 Å². The molecule has 52 heavy (non-hydrogen) atoms. The van der Waals surface area contributed by atoms with Crippen molar-refractivity contribution in [1.29, 1.82) is 0 Å². The summed E-state index contributed by atoms with van der Waals surface area (Å²) in [5, 5.41) is 0. The number of anilines is 2. The molecule has 0 amide bonds. The van der Waals surface area contributed by atoms with Crippen LogP contribution in [0.3, 0.4) is 0 Å². The van der Waals surface area contributed by atoms with Gasteiger partial charge in [-0.3, -0.25) is 0 Å². The lowest BCUT2D eigenvalue weighted by Gasteiger charge is -2.45. The molecule has 0 saturated heterocycles. The molecule has 3 heterocycles. The number of fused-ring (bicyclic) bond motifs is 9. The first-order valence-electron chi connectivity index (χ1n) is 17.6. The van der Waals surface area contributed by atoms with E-state index in [1.165, 1.54) is 0 Å². The van der Waals surface area contributed by atoms with E-state index in [1.807, 2.05) is 18.2 Å². The predicted octanol–water partition coefficient (Wildman–Crippen LogP) is 12.8. The van der Waals surface area contributed by atoms with Crippen molar-refractivity contribution >= 4 is 16.9 Å². The van der Waals surface area contributed by atoms with Crippen LogP contribution >= 0.6 is 0 Å². The Labute approximate surface area is 303 Å². The molecule has 1 spiro atoms. The standard InChI is InChI=1S/C49H33NO2/c1-33-14-12-13-29-50(38-17-6-3-7-18-38)44-31-36(23-26-39(33)44)37-24-27-42-48(32-37)52-46-22-11-9-20-41(46)49(42)40-19-8-10-21-45(40)51-47-28-25-35(30-43(47)49)34-15-4-2-5-16-34/h2-32H,1H2/b14-12-,29-13-. The second kappa shape index (κ2) is 11.9. The van der Waals surface area contributed by atoms with E-state index < -0.39 is 5.41 Å². The monoisotopic (exact) mass is 667 g/mol. The molecule has 0 aliphatic carbocycles. The van der Waals surface area contributed by atoms with Gasteiger partial charge in [-0.15, -0.1) is 0 Å². The number of rotatable bonds is 3. The molecule has 7 aromatic rings. The maximum Gasteiger partial charge on any atom is 0.132 e. The normalized spacial score (nSPS) is 17.5. The summed E-state index contributed by atoms with van der Waals surface area (Å²) >= 11 is 0. The van der Waals surface area contributed by atoms with Gasteiger partial charge in [-0.1, -0.05) is 134 Å². The number of hydrogen-bond acceptors (Lipinski definition) is 3. The fraction of sp³-hybridized carbons (Fsp3) is 0.0204. The molecule has 0 fully saturated rings. The summed E-state index contributed by atoms with van der Waals surface area (Å²) in [6, 6.07) is 57.8. The summed E-state index contributed by atoms with van der Waals surface area (Å²) in [5.74, 6) is 3.35. The molecule has 0 aromatic heterocycles. The van der Waals surface area contributed by atoms with Crippen LogP contribution in [0, 0.1) is 0 Å². The zero-order valence-electron chi connectivity index (χ0n) is 28.4. The molecular formula is C49H33NO2. The van der Waals surface area contributed by atoms with Crippen molar-refractivity contribution in [3.05, 3.63) is 223 Å². The van der Waals surface area contributed by atoms with Gasteiger partial charge in [0.1, 0.15) is 23.0 Å². The largest absolute Gasteiger partial charge is 0.457 e. The SMILES string of the molecule is C=C1/C=C\C=C/N(c2ccccc2)c2cc(-c3ccc4c(c3)Oc3ccccc3C43c4ccccc4Oc4ccc(-c5ccccc5)cc43)ccc21. The molecule has 0 radical (unpaired) electrons. The molecule has 246 valence electrons. The molecule has 0 saturated carbocycles. The Bertz CT molecular complexity index is 2590. The first-order chi connectivity index (χ1) is 25.7. The van der Waals surface area contributed by atoms with E-state index in [2.05, 4.69) is 181 Å². The third kappa shape index (κ3) is 4.60. The molecular weight excluding hydrogens is 635 g/mol. The number of para-hydroxylation sites is 3. The van der Waals surface area contributed by atoms with E-state index in [1.54, 1.807) is 0 Å². The van der Waals surface area contributed by atoms with Gasteiger partial charge in [0.2, 0.25) is 0 Å². The van der Waals surface area contributed by atoms with Gasteiger partial charge in [-0.2, -0.15) is 0 Å². The van der Waals surface area contributed by atoms with Crippen LogP contribution in [-0.4, -0.2) is 0 Å². The van der Waals surface area contributed by atoms with Gasteiger partial charge in [0.15, 0.2) is 0 Å². The minimum absolute atomic E-state index is 0.678. The van der Waals surface area contributed by atoms with Gasteiger partial charge in [-0.25, -0.2) is 0 Å². The van der Waals surface area contributed by atoms with E-state index in [0.717, 1.165) is 90.0 Å². The Morgan fingerprint density at radius 1 is 0.442 bits per heavy atom. The lowest BCUT2D eigenvalue weighted by atomic mass is 9.62. The Balaban J connectivity index is 1.19. The average molecular weight is 668 g/mol. The molecule has 0 N–H and O–H groups in total. The Kier molecular flexibility index (Phi) is 6.87. The van der Waals surface area contributed by atoms with Crippen molar-refractivity contribution in [2.75, 3.05) is 4.90 Å². The second-order valence-electron chi connectivity index (χ2n) is 13.4. The van der Waals surface area contributed by atoms with Crippen LogP contribution in [0.4, 0.5) is 11.4 Å². The summed E-state index contributed by atoms with van der Waals surface area (Å²) in [7, 11) is 0. The van der Waals surface area contributed by atoms with Crippen LogP contribution < -0.4 is 14.4 Å². The van der Waals surface area contributed by atoms with E-state index in [4.69, 9.17) is 9.47 Å². The summed E-state index contributed by atoms with van der Waals surface area (Å²) in [6.07, 6.45) is 8.28. The number of hydrogen-bond donors (Lipinski definition) is 0. The zero-order chi connectivity index (χ0) is 34.6. The summed E-state index contributed by atoms with van der Waals surface area (Å²) in [6.45, 7) is 4.40. The van der Waals surface area contributed by atoms with Crippen LogP contribution in [0.15, 0.2) is 195 Å². The maximum atomic E-state index is 6.88. The van der Waals surface area contributed by atoms with E-state index in [9.17, 15) is 0 Å². The molecule has 1 atom stereocenters. The second-order valence-corrected chi connectivity index (χ2v) is 13.4. The van der Waals surface area contributed by atoms with E-state index >= 15 is 0 Å². The molecule has 3 aliphatic rings. The molecule has 3 heteroatoms. The molecule has 3 aliphatic heterocycles. The minimum Gasteiger partial charge on any atom is -0.457 e. The fourth-order valence-electron chi connectivity index (χ4n) is 8.13. The van der Waals surface area contributed by atoms with Crippen molar-refractivity contribution in [2.24, 2.45) is 0 Å². The molecule has 10 rings (SSSR count). The van der Waals surface area contributed by atoms with Gasteiger partial charge in [-0.05, 0) is 82.4 Å². The lowest BCUT2D eigenvalue weighted by molar-refractivity contribution is 0.399. The Hall–Kier alpha value is -6.84. The number of allylic oxidation sites excluding steroid dienone is 4. The Morgan fingerprint density at radius 2 is 1.02 bits per heavy atom. The van der Waals surface area contributed by atoms with Crippen molar-refractivity contribution in [3.8, 4) is 45.3 Å². The zero-order valence-corrected chi connectivity index (χ0v) is 28.4. The van der Waals surface area contributed by atoms with Gasteiger partial charge >= 0.3 is 0 Å². The molecule has 0 bridgehead atoms. The van der Waals surface area contributed by atoms with Crippen molar-refractivity contribution in [1.82, 2.24) is 0 Å². The van der Waals surface area contributed by atoms with Crippen LogP contribution in [-0.2, 0) is 5.41 Å². The van der Waals surface area contributed by atoms with Gasteiger partial charge in [0.25, 0.3) is 0 Å². The van der Waals surface area contributed by atoms with Crippen LogP contribution in [0.2, 0.25) is 0 Å². The third-order valence-corrected chi connectivity index (χ3v) is 10.5. The highest BCUT2D eigenvalue weighted by Crippen LogP contribution is 2.62. The smallest absolute Gasteiger partial charge is 0.132 e. The maximum absolute atomic E-state index is 6.88. The number of nitrogens with zero attached hydrogens (tertiary/aromatic N) is 1. The average Bonchev–Trinajstić information content (AvgIpc) is 3.20. The first-order valence-corrected chi connectivity index (χ1v) is 17.6. The van der Waals surface area contributed by atoms with Crippen molar-refractivity contribution < 1.29 is 9.47 Å². The Morgan fingerprint density at radius 3 is 1.79 bits per heavy atom. The minimum atomic E-state index is -0.678. The third-order valence-electron chi connectivity index (χ3n) is 10.5. The highest BCUT2D eigenvalue weighted by Gasteiger charge is 2.50. The first kappa shape index (κ1) is 30.0. The lowest BCUT2D eigenvalue weighted by Crippen LogP contribution is -2.36. The molecule has 7 aromatic carbocycles. The van der Waals surface area contributed by atoms with Gasteiger partial charge in [0.05, 0.1) is 11.1 Å².